The van der Waals surface area contributed by atoms with Crippen LogP contribution in [0.1, 0.15) is 51.2 Å². The zero-order chi connectivity index (χ0) is 15.2. The standard InChI is InChI=1S/C18H29NO2/c1-4-21-16-11-9-15(10-12-16)18(20)13-19(3)17-8-6-5-7-14(17)2/h9-12,14,17-18,20H,4-8,13H2,1-3H3. The largest absolute Gasteiger partial charge is 0.494 e. The lowest BCUT2D eigenvalue weighted by atomic mass is 9.85. The topological polar surface area (TPSA) is 32.7 Å². The molecule has 0 radical (unpaired) electrons. The summed E-state index contributed by atoms with van der Waals surface area (Å²) in [7, 11) is 2.14. The Balaban J connectivity index is 1.91. The number of aliphatic hydroxyl groups is 1. The zero-order valence-corrected chi connectivity index (χ0v) is 13.6. The van der Waals surface area contributed by atoms with Crippen LogP contribution in [0.25, 0.3) is 0 Å². The SMILES string of the molecule is CCOc1ccc(C(O)CN(C)C2CCCCC2C)cc1. The summed E-state index contributed by atoms with van der Waals surface area (Å²) >= 11 is 0. The fourth-order valence-electron chi connectivity index (χ4n) is 3.42. The van der Waals surface area contributed by atoms with E-state index in [0.29, 0.717) is 19.2 Å². The molecule has 0 heterocycles. The van der Waals surface area contributed by atoms with Gasteiger partial charge in [-0.2, -0.15) is 0 Å². The number of benzene rings is 1. The lowest BCUT2D eigenvalue weighted by Crippen LogP contribution is -2.41. The van der Waals surface area contributed by atoms with Crippen LogP contribution in [0.5, 0.6) is 5.75 Å². The van der Waals surface area contributed by atoms with Crippen molar-refractivity contribution in [3.05, 3.63) is 29.8 Å². The maximum absolute atomic E-state index is 10.4. The van der Waals surface area contributed by atoms with Crippen molar-refractivity contribution in [3.8, 4) is 5.75 Å². The van der Waals surface area contributed by atoms with Gasteiger partial charge in [0.05, 0.1) is 12.7 Å². The number of nitrogens with zero attached hydrogens (tertiary/aromatic N) is 1. The summed E-state index contributed by atoms with van der Waals surface area (Å²) in [6.07, 6.45) is 4.81. The quantitative estimate of drug-likeness (QED) is 0.868. The number of ether oxygens (including phenoxy) is 1. The van der Waals surface area contributed by atoms with Crippen molar-refractivity contribution < 1.29 is 9.84 Å². The van der Waals surface area contributed by atoms with E-state index in [4.69, 9.17) is 4.74 Å². The minimum absolute atomic E-state index is 0.431. The third-order valence-corrected chi connectivity index (χ3v) is 4.67. The molecule has 1 aliphatic rings. The highest BCUT2D eigenvalue weighted by atomic mass is 16.5. The van der Waals surface area contributed by atoms with Crippen LogP contribution in [0, 0.1) is 5.92 Å². The normalized spacial score (nSPS) is 24.0. The highest BCUT2D eigenvalue weighted by molar-refractivity contribution is 5.28. The molecule has 3 nitrogen and oxygen atoms in total. The van der Waals surface area contributed by atoms with Gasteiger partial charge in [-0.3, -0.25) is 0 Å². The number of aliphatic hydroxyl groups excluding tert-OH is 1. The summed E-state index contributed by atoms with van der Waals surface area (Å²) in [6.45, 7) is 5.68. The third-order valence-electron chi connectivity index (χ3n) is 4.67. The van der Waals surface area contributed by atoms with Gasteiger partial charge in [0.1, 0.15) is 5.75 Å². The Morgan fingerprint density at radius 3 is 2.52 bits per heavy atom. The Kier molecular flexibility index (Phi) is 6.07. The van der Waals surface area contributed by atoms with E-state index >= 15 is 0 Å². The first-order valence-corrected chi connectivity index (χ1v) is 8.23. The van der Waals surface area contributed by atoms with Gasteiger partial charge in [0.25, 0.3) is 0 Å². The molecule has 0 saturated heterocycles. The molecule has 1 aromatic rings. The maximum atomic E-state index is 10.4. The Bertz CT molecular complexity index is 418. The van der Waals surface area contributed by atoms with Crippen LogP contribution in [0.15, 0.2) is 24.3 Å². The molecule has 1 fully saturated rings. The average Bonchev–Trinajstić information content (AvgIpc) is 2.48. The fourth-order valence-corrected chi connectivity index (χ4v) is 3.42. The van der Waals surface area contributed by atoms with Crippen molar-refractivity contribution >= 4 is 0 Å². The van der Waals surface area contributed by atoms with Crippen LogP contribution in [-0.2, 0) is 0 Å². The molecule has 3 atom stereocenters. The molecule has 1 saturated carbocycles. The summed E-state index contributed by atoms with van der Waals surface area (Å²) in [6, 6.07) is 8.41. The van der Waals surface area contributed by atoms with Gasteiger partial charge in [-0.1, -0.05) is 31.9 Å². The van der Waals surface area contributed by atoms with E-state index in [1.165, 1.54) is 25.7 Å². The molecule has 0 aromatic heterocycles. The minimum Gasteiger partial charge on any atom is -0.494 e. The molecule has 3 heteroatoms. The molecule has 21 heavy (non-hydrogen) atoms. The van der Waals surface area contributed by atoms with Gasteiger partial charge in [-0.25, -0.2) is 0 Å². The number of hydrogen-bond donors (Lipinski definition) is 1. The van der Waals surface area contributed by atoms with Crippen LogP contribution >= 0.6 is 0 Å². The highest BCUT2D eigenvalue weighted by Gasteiger charge is 2.26. The zero-order valence-electron chi connectivity index (χ0n) is 13.6. The summed E-state index contributed by atoms with van der Waals surface area (Å²) in [5.41, 5.74) is 0.966. The number of likely N-dealkylation sites (N-methyl/N-ethyl adjacent to an activating group) is 1. The molecule has 1 N–H and O–H groups in total. The molecular formula is C18H29NO2. The van der Waals surface area contributed by atoms with Gasteiger partial charge in [-0.05, 0) is 50.4 Å². The first-order valence-electron chi connectivity index (χ1n) is 8.23. The smallest absolute Gasteiger partial charge is 0.119 e. The van der Waals surface area contributed by atoms with E-state index in [1.807, 2.05) is 31.2 Å². The van der Waals surface area contributed by atoms with Crippen molar-refractivity contribution in [1.29, 1.82) is 0 Å². The van der Waals surface area contributed by atoms with E-state index in [1.54, 1.807) is 0 Å². The highest BCUT2D eigenvalue weighted by Crippen LogP contribution is 2.28. The Morgan fingerprint density at radius 1 is 1.24 bits per heavy atom. The Labute approximate surface area is 128 Å². The Morgan fingerprint density at radius 2 is 1.90 bits per heavy atom. The van der Waals surface area contributed by atoms with Crippen LogP contribution < -0.4 is 4.74 Å². The van der Waals surface area contributed by atoms with Crippen molar-refractivity contribution in [2.45, 2.75) is 51.7 Å². The molecule has 0 spiro atoms. The molecule has 2 rings (SSSR count). The van der Waals surface area contributed by atoms with Crippen molar-refractivity contribution in [1.82, 2.24) is 4.90 Å². The van der Waals surface area contributed by atoms with E-state index in [2.05, 4.69) is 18.9 Å². The van der Waals surface area contributed by atoms with Crippen LogP contribution in [0.3, 0.4) is 0 Å². The predicted octanol–water partition coefficient (Wildman–Crippen LogP) is 3.63. The first kappa shape index (κ1) is 16.3. The summed E-state index contributed by atoms with van der Waals surface area (Å²) in [5, 5.41) is 10.4. The molecule has 118 valence electrons. The van der Waals surface area contributed by atoms with Crippen molar-refractivity contribution in [3.63, 3.8) is 0 Å². The Hall–Kier alpha value is -1.06. The van der Waals surface area contributed by atoms with Crippen LogP contribution in [0.4, 0.5) is 0 Å². The summed E-state index contributed by atoms with van der Waals surface area (Å²) in [4.78, 5) is 2.34. The average molecular weight is 291 g/mol. The molecule has 0 bridgehead atoms. The monoisotopic (exact) mass is 291 g/mol. The minimum atomic E-state index is -0.431. The second kappa shape index (κ2) is 7.81. The number of hydrogen-bond acceptors (Lipinski definition) is 3. The lowest BCUT2D eigenvalue weighted by molar-refractivity contribution is 0.0710. The summed E-state index contributed by atoms with van der Waals surface area (Å²) < 4.78 is 5.44. The molecule has 3 unspecified atom stereocenters. The first-order chi connectivity index (χ1) is 10.1. The van der Waals surface area contributed by atoms with Gasteiger partial charge >= 0.3 is 0 Å². The van der Waals surface area contributed by atoms with Crippen LogP contribution in [0.2, 0.25) is 0 Å². The van der Waals surface area contributed by atoms with E-state index in [-0.39, 0.29) is 0 Å². The molecule has 0 aliphatic heterocycles. The second-order valence-corrected chi connectivity index (χ2v) is 6.29. The van der Waals surface area contributed by atoms with Gasteiger partial charge in [-0.15, -0.1) is 0 Å². The maximum Gasteiger partial charge on any atom is 0.119 e. The predicted molar refractivity (Wildman–Crippen MR) is 86.6 cm³/mol. The molecule has 1 aliphatic carbocycles. The molecule has 1 aromatic carbocycles. The van der Waals surface area contributed by atoms with Gasteiger partial charge in [0.15, 0.2) is 0 Å². The molecular weight excluding hydrogens is 262 g/mol. The second-order valence-electron chi connectivity index (χ2n) is 6.29. The van der Waals surface area contributed by atoms with E-state index < -0.39 is 6.10 Å². The van der Waals surface area contributed by atoms with E-state index in [9.17, 15) is 5.11 Å². The lowest BCUT2D eigenvalue weighted by Gasteiger charge is -2.37. The van der Waals surface area contributed by atoms with Gasteiger partial charge in [0, 0.05) is 12.6 Å². The third kappa shape index (κ3) is 4.45. The van der Waals surface area contributed by atoms with E-state index in [0.717, 1.165) is 17.2 Å². The van der Waals surface area contributed by atoms with Crippen molar-refractivity contribution in [2.24, 2.45) is 5.92 Å². The van der Waals surface area contributed by atoms with Crippen LogP contribution in [-0.4, -0.2) is 36.2 Å². The molecule has 0 amide bonds. The fraction of sp³-hybridized carbons (Fsp3) is 0.667. The van der Waals surface area contributed by atoms with Gasteiger partial charge < -0.3 is 14.7 Å². The summed E-state index contributed by atoms with van der Waals surface area (Å²) in [5.74, 6) is 1.60. The number of rotatable bonds is 6. The van der Waals surface area contributed by atoms with Gasteiger partial charge in [0.2, 0.25) is 0 Å². The van der Waals surface area contributed by atoms with Crippen molar-refractivity contribution in [2.75, 3.05) is 20.2 Å².